The minimum absolute atomic E-state index is 0.0509. The van der Waals surface area contributed by atoms with E-state index in [0.29, 0.717) is 41.6 Å². The lowest BCUT2D eigenvalue weighted by atomic mass is 10.2. The van der Waals surface area contributed by atoms with Crippen LogP contribution in [0.2, 0.25) is 5.02 Å². The number of aromatic nitrogens is 4. The third-order valence-corrected chi connectivity index (χ3v) is 7.85. The van der Waals surface area contributed by atoms with Crippen molar-refractivity contribution in [3.63, 3.8) is 0 Å². The molecule has 2 aliphatic rings. The summed E-state index contributed by atoms with van der Waals surface area (Å²) in [7, 11) is -3.23. The van der Waals surface area contributed by atoms with Crippen LogP contribution < -0.4 is 5.32 Å². The van der Waals surface area contributed by atoms with Gasteiger partial charge in [0, 0.05) is 42.5 Å². The normalized spacial score (nSPS) is 20.4. The highest BCUT2D eigenvalue weighted by Crippen LogP contribution is 2.33. The van der Waals surface area contributed by atoms with Gasteiger partial charge in [-0.05, 0) is 25.3 Å². The molecule has 1 aliphatic carbocycles. The highest BCUT2D eigenvalue weighted by molar-refractivity contribution is 7.90. The van der Waals surface area contributed by atoms with E-state index in [1.54, 1.807) is 12.3 Å². The molecule has 2 N–H and O–H groups in total. The maximum atomic E-state index is 14.4. The lowest BCUT2D eigenvalue weighted by Gasteiger charge is -2.17. The van der Waals surface area contributed by atoms with Crippen LogP contribution in [-0.4, -0.2) is 57.0 Å². The molecule has 0 amide bonds. The van der Waals surface area contributed by atoms with E-state index in [2.05, 4.69) is 25.3 Å². The van der Waals surface area contributed by atoms with Crippen LogP contribution in [-0.2, 0) is 10.0 Å². The van der Waals surface area contributed by atoms with Crippen LogP contribution in [0.3, 0.4) is 0 Å². The maximum absolute atomic E-state index is 14.4. The summed E-state index contributed by atoms with van der Waals surface area (Å²) >= 11 is 6.04. The van der Waals surface area contributed by atoms with Crippen molar-refractivity contribution in [2.24, 2.45) is 0 Å². The second-order valence-electron chi connectivity index (χ2n) is 7.37. The molecule has 11 heteroatoms. The Balaban J connectivity index is 1.39. The third-order valence-electron chi connectivity index (χ3n) is 5.28. The Kier molecular flexibility index (Phi) is 4.45. The van der Waals surface area contributed by atoms with Crippen LogP contribution in [0.4, 0.5) is 10.2 Å². The zero-order valence-electron chi connectivity index (χ0n) is 15.3. The first-order valence-electron chi connectivity index (χ1n) is 9.33. The fourth-order valence-electron chi connectivity index (χ4n) is 3.61. The molecule has 0 spiro atoms. The minimum atomic E-state index is -3.23. The number of pyridine rings is 1. The summed E-state index contributed by atoms with van der Waals surface area (Å²) in [5, 5.41) is 4.01. The van der Waals surface area contributed by atoms with Crippen LogP contribution in [0.15, 0.2) is 24.7 Å². The topological polar surface area (TPSA) is 104 Å². The van der Waals surface area contributed by atoms with Gasteiger partial charge in [0.2, 0.25) is 10.0 Å². The monoisotopic (exact) mass is 436 g/mol. The number of sulfonamides is 1. The fraction of sp³-hybridized carbons (Fsp3) is 0.389. The molecule has 3 aromatic rings. The van der Waals surface area contributed by atoms with Gasteiger partial charge < -0.3 is 10.3 Å². The molecule has 4 heterocycles. The van der Waals surface area contributed by atoms with Gasteiger partial charge in [0.1, 0.15) is 5.65 Å². The molecule has 8 nitrogen and oxygen atoms in total. The number of rotatable bonds is 5. The highest BCUT2D eigenvalue weighted by atomic mass is 35.5. The van der Waals surface area contributed by atoms with E-state index in [-0.39, 0.29) is 17.1 Å². The van der Waals surface area contributed by atoms with Crippen LogP contribution in [0.25, 0.3) is 22.4 Å². The fourth-order valence-corrected chi connectivity index (χ4v) is 5.67. The second-order valence-corrected chi connectivity index (χ2v) is 10.0. The Hall–Kier alpha value is -2.30. The molecule has 3 aromatic heterocycles. The van der Waals surface area contributed by atoms with Gasteiger partial charge in [-0.1, -0.05) is 11.6 Å². The summed E-state index contributed by atoms with van der Waals surface area (Å²) in [5.74, 6) is -0.215. The lowest BCUT2D eigenvalue weighted by molar-refractivity contribution is 0.473. The van der Waals surface area contributed by atoms with Crippen LogP contribution >= 0.6 is 11.6 Å². The number of aromatic amines is 1. The predicted molar refractivity (Wildman–Crippen MR) is 108 cm³/mol. The first kappa shape index (κ1) is 18.7. The molecule has 1 saturated heterocycles. The van der Waals surface area contributed by atoms with Crippen molar-refractivity contribution in [3.05, 3.63) is 35.5 Å². The van der Waals surface area contributed by atoms with Crippen molar-refractivity contribution < 1.29 is 12.8 Å². The molecule has 0 bridgehead atoms. The average molecular weight is 437 g/mol. The Labute approximate surface area is 171 Å². The van der Waals surface area contributed by atoms with Gasteiger partial charge >= 0.3 is 0 Å². The summed E-state index contributed by atoms with van der Waals surface area (Å²) in [5.41, 5.74) is 1.28. The van der Waals surface area contributed by atoms with Gasteiger partial charge in [-0.3, -0.25) is 0 Å². The smallest absolute Gasteiger partial charge is 0.217 e. The average Bonchev–Trinajstić information content (AvgIpc) is 3.32. The standard InChI is InChI=1S/C18H18ClFN6O2S/c19-10-5-13-14(7-22-16(13)21-6-10)17-23-8-15(20)18(25-17)24-11-3-4-26(9-11)29(27,28)12-1-2-12/h5-8,11-12H,1-4,9H2,(H,21,22)(H,23,24,25). The van der Waals surface area contributed by atoms with Gasteiger partial charge in [-0.2, -0.15) is 4.31 Å². The molecule has 5 rings (SSSR count). The molecule has 1 aliphatic heterocycles. The molecule has 2 fully saturated rings. The molecule has 152 valence electrons. The molecule has 0 radical (unpaired) electrons. The number of hydrogen-bond donors (Lipinski definition) is 2. The Morgan fingerprint density at radius 3 is 2.86 bits per heavy atom. The first-order chi connectivity index (χ1) is 13.9. The number of H-pyrrole nitrogens is 1. The van der Waals surface area contributed by atoms with Crippen LogP contribution in [0.5, 0.6) is 0 Å². The van der Waals surface area contributed by atoms with Crippen molar-refractivity contribution in [3.8, 4) is 11.4 Å². The van der Waals surface area contributed by atoms with Crippen molar-refractivity contribution >= 4 is 38.5 Å². The minimum Gasteiger partial charge on any atom is -0.363 e. The van der Waals surface area contributed by atoms with Crippen molar-refractivity contribution in [1.29, 1.82) is 0 Å². The zero-order chi connectivity index (χ0) is 20.2. The van der Waals surface area contributed by atoms with Crippen LogP contribution in [0.1, 0.15) is 19.3 Å². The number of nitrogens with one attached hydrogen (secondary N) is 2. The van der Waals surface area contributed by atoms with E-state index >= 15 is 0 Å². The van der Waals surface area contributed by atoms with E-state index in [0.717, 1.165) is 24.4 Å². The Morgan fingerprint density at radius 1 is 1.24 bits per heavy atom. The predicted octanol–water partition coefficient (Wildman–Crippen LogP) is 2.79. The first-order valence-corrected chi connectivity index (χ1v) is 11.2. The van der Waals surface area contributed by atoms with E-state index in [9.17, 15) is 12.8 Å². The summed E-state index contributed by atoms with van der Waals surface area (Å²) in [6.45, 7) is 0.743. The van der Waals surface area contributed by atoms with Gasteiger partial charge in [0.25, 0.3) is 0 Å². The summed E-state index contributed by atoms with van der Waals surface area (Å²) in [6, 6.07) is 1.53. The summed E-state index contributed by atoms with van der Waals surface area (Å²) in [4.78, 5) is 15.7. The van der Waals surface area contributed by atoms with Crippen molar-refractivity contribution in [2.45, 2.75) is 30.6 Å². The zero-order valence-corrected chi connectivity index (χ0v) is 16.8. The molecule has 1 atom stereocenters. The van der Waals surface area contributed by atoms with Gasteiger partial charge in [0.05, 0.1) is 16.5 Å². The molecule has 0 aromatic carbocycles. The Bertz CT molecular complexity index is 1200. The molecule has 1 saturated carbocycles. The summed E-state index contributed by atoms with van der Waals surface area (Å²) < 4.78 is 40.6. The number of halogens is 2. The SMILES string of the molecule is O=S(=O)(C1CC1)N1CCC(Nc2nc(-c3c[nH]c4ncc(Cl)cc34)ncc2F)C1. The summed E-state index contributed by atoms with van der Waals surface area (Å²) in [6.07, 6.45) is 6.38. The molecular formula is C18H18ClFN6O2S. The van der Waals surface area contributed by atoms with Crippen molar-refractivity contribution in [2.75, 3.05) is 18.4 Å². The third kappa shape index (κ3) is 3.45. The maximum Gasteiger partial charge on any atom is 0.217 e. The lowest BCUT2D eigenvalue weighted by Crippen LogP contribution is -2.34. The van der Waals surface area contributed by atoms with Gasteiger partial charge in [-0.15, -0.1) is 0 Å². The van der Waals surface area contributed by atoms with E-state index < -0.39 is 15.8 Å². The number of nitrogens with zero attached hydrogens (tertiary/aromatic N) is 4. The van der Waals surface area contributed by atoms with Gasteiger partial charge in [0.15, 0.2) is 17.5 Å². The number of hydrogen-bond acceptors (Lipinski definition) is 6. The second kappa shape index (κ2) is 6.89. The quantitative estimate of drug-likeness (QED) is 0.637. The van der Waals surface area contributed by atoms with E-state index in [1.807, 2.05) is 0 Å². The number of fused-ring (bicyclic) bond motifs is 1. The van der Waals surface area contributed by atoms with E-state index in [1.165, 1.54) is 10.5 Å². The van der Waals surface area contributed by atoms with E-state index in [4.69, 9.17) is 11.6 Å². The highest BCUT2D eigenvalue weighted by Gasteiger charge is 2.42. The van der Waals surface area contributed by atoms with Crippen LogP contribution in [0, 0.1) is 5.82 Å². The molecule has 1 unspecified atom stereocenters. The number of anilines is 1. The van der Waals surface area contributed by atoms with Crippen molar-refractivity contribution in [1.82, 2.24) is 24.2 Å². The molecule has 29 heavy (non-hydrogen) atoms. The molecular weight excluding hydrogens is 419 g/mol. The Morgan fingerprint density at radius 2 is 2.07 bits per heavy atom. The largest absolute Gasteiger partial charge is 0.363 e. The van der Waals surface area contributed by atoms with Gasteiger partial charge in [-0.25, -0.2) is 27.8 Å².